The smallest absolute Gasteiger partial charge is 0.128 e. The average Bonchev–Trinajstić information content (AvgIpc) is 2.15. The second-order valence-electron chi connectivity index (χ2n) is 2.60. The summed E-state index contributed by atoms with van der Waals surface area (Å²) in [4.78, 5) is 8.48. The molecule has 0 spiro atoms. The first-order valence-corrected chi connectivity index (χ1v) is 4.38. The second kappa shape index (κ2) is 4.83. The van der Waals surface area contributed by atoms with Crippen LogP contribution in [0.1, 0.15) is 25.4 Å². The van der Waals surface area contributed by atoms with Crippen LogP contribution in [0.3, 0.4) is 0 Å². The lowest BCUT2D eigenvalue weighted by Gasteiger charge is -2.01. The van der Waals surface area contributed by atoms with E-state index in [1.54, 1.807) is 0 Å². The number of hydrogen-bond donors (Lipinski definition) is 1. The van der Waals surface area contributed by atoms with Gasteiger partial charge in [0, 0.05) is 19.2 Å². The van der Waals surface area contributed by atoms with E-state index in [1.807, 2.05) is 12.3 Å². The lowest BCUT2D eigenvalue weighted by Crippen LogP contribution is -2.13. The van der Waals surface area contributed by atoms with Crippen molar-refractivity contribution in [2.45, 2.75) is 26.8 Å². The van der Waals surface area contributed by atoms with Crippen molar-refractivity contribution in [3.8, 4) is 0 Å². The molecule has 0 bridgehead atoms. The van der Waals surface area contributed by atoms with Gasteiger partial charge in [0.2, 0.25) is 0 Å². The third kappa shape index (κ3) is 2.58. The number of rotatable bonds is 4. The molecule has 1 heterocycles. The molecule has 1 aromatic heterocycles. The van der Waals surface area contributed by atoms with Crippen LogP contribution in [-0.4, -0.2) is 16.5 Å². The summed E-state index contributed by atoms with van der Waals surface area (Å²) in [6, 6.07) is 1.95. The van der Waals surface area contributed by atoms with Gasteiger partial charge >= 0.3 is 0 Å². The molecule has 3 heteroatoms. The Hall–Kier alpha value is -0.960. The van der Waals surface area contributed by atoms with Gasteiger partial charge in [-0.15, -0.1) is 0 Å². The summed E-state index contributed by atoms with van der Waals surface area (Å²) in [5, 5.41) is 3.23. The number of nitrogens with one attached hydrogen (secondary N) is 1. The molecule has 3 nitrogen and oxygen atoms in total. The molecule has 0 unspecified atom stereocenters. The average molecular weight is 165 g/mol. The van der Waals surface area contributed by atoms with Crippen molar-refractivity contribution in [3.63, 3.8) is 0 Å². The lowest BCUT2D eigenvalue weighted by molar-refractivity contribution is 0.701. The maximum Gasteiger partial charge on any atom is 0.128 e. The van der Waals surface area contributed by atoms with Gasteiger partial charge in [0.25, 0.3) is 0 Å². The molecule has 0 aliphatic carbocycles. The van der Waals surface area contributed by atoms with Crippen LogP contribution in [0, 0.1) is 0 Å². The summed E-state index contributed by atoms with van der Waals surface area (Å²) in [6.45, 7) is 5.96. The van der Waals surface area contributed by atoms with Crippen molar-refractivity contribution in [2.24, 2.45) is 0 Å². The predicted molar refractivity (Wildman–Crippen MR) is 48.8 cm³/mol. The molecule has 0 amide bonds. The summed E-state index contributed by atoms with van der Waals surface area (Å²) in [7, 11) is 0. The van der Waals surface area contributed by atoms with Gasteiger partial charge in [-0.2, -0.15) is 0 Å². The molecule has 1 rings (SSSR count). The van der Waals surface area contributed by atoms with Crippen LogP contribution < -0.4 is 5.32 Å². The number of hydrogen-bond acceptors (Lipinski definition) is 3. The summed E-state index contributed by atoms with van der Waals surface area (Å²) < 4.78 is 0. The first-order valence-electron chi connectivity index (χ1n) is 4.38. The highest BCUT2D eigenvalue weighted by Crippen LogP contribution is 1.95. The van der Waals surface area contributed by atoms with E-state index >= 15 is 0 Å². The Kier molecular flexibility index (Phi) is 3.67. The lowest BCUT2D eigenvalue weighted by atomic mass is 10.3. The Morgan fingerprint density at radius 3 is 2.92 bits per heavy atom. The quantitative estimate of drug-likeness (QED) is 0.727. The Morgan fingerprint density at radius 2 is 2.25 bits per heavy atom. The Morgan fingerprint density at radius 1 is 1.42 bits per heavy atom. The minimum Gasteiger partial charge on any atom is -0.311 e. The molecule has 66 valence electrons. The third-order valence-corrected chi connectivity index (χ3v) is 1.64. The Bertz CT molecular complexity index is 235. The summed E-state index contributed by atoms with van der Waals surface area (Å²) in [5.74, 6) is 0.922. The zero-order valence-electron chi connectivity index (χ0n) is 7.67. The second-order valence-corrected chi connectivity index (χ2v) is 2.60. The maximum absolute atomic E-state index is 4.36. The number of aromatic nitrogens is 2. The van der Waals surface area contributed by atoms with Crippen LogP contribution in [0.15, 0.2) is 12.3 Å². The number of aryl methyl sites for hydroxylation is 1. The van der Waals surface area contributed by atoms with E-state index in [2.05, 4.69) is 29.1 Å². The van der Waals surface area contributed by atoms with E-state index in [0.29, 0.717) is 0 Å². The van der Waals surface area contributed by atoms with Crippen molar-refractivity contribution >= 4 is 0 Å². The fourth-order valence-electron chi connectivity index (χ4n) is 0.963. The number of nitrogens with zero attached hydrogens (tertiary/aromatic N) is 2. The first-order chi connectivity index (χ1) is 5.86. The van der Waals surface area contributed by atoms with Crippen LogP contribution in [0.2, 0.25) is 0 Å². The fourth-order valence-corrected chi connectivity index (χ4v) is 0.963. The van der Waals surface area contributed by atoms with Crippen molar-refractivity contribution in [1.29, 1.82) is 0 Å². The summed E-state index contributed by atoms with van der Waals surface area (Å²) >= 11 is 0. The van der Waals surface area contributed by atoms with E-state index in [-0.39, 0.29) is 0 Å². The van der Waals surface area contributed by atoms with E-state index in [4.69, 9.17) is 0 Å². The summed E-state index contributed by atoms with van der Waals surface area (Å²) in [6.07, 6.45) is 2.72. The van der Waals surface area contributed by atoms with Gasteiger partial charge in [-0.3, -0.25) is 0 Å². The van der Waals surface area contributed by atoms with Gasteiger partial charge in [-0.05, 0) is 12.6 Å². The Labute approximate surface area is 73.2 Å². The van der Waals surface area contributed by atoms with Crippen LogP contribution in [0.4, 0.5) is 0 Å². The first kappa shape index (κ1) is 9.13. The zero-order valence-corrected chi connectivity index (χ0v) is 7.67. The topological polar surface area (TPSA) is 37.8 Å². The molecule has 0 fully saturated rings. The van der Waals surface area contributed by atoms with E-state index in [1.165, 1.54) is 0 Å². The predicted octanol–water partition coefficient (Wildman–Crippen LogP) is 1.15. The largest absolute Gasteiger partial charge is 0.311 e. The van der Waals surface area contributed by atoms with Crippen LogP contribution in [0.5, 0.6) is 0 Å². The molecule has 0 aliphatic rings. The monoisotopic (exact) mass is 165 g/mol. The minimum absolute atomic E-state index is 0.839. The van der Waals surface area contributed by atoms with Crippen molar-refractivity contribution in [3.05, 3.63) is 23.8 Å². The van der Waals surface area contributed by atoms with Crippen molar-refractivity contribution < 1.29 is 0 Å². The standard InChI is InChI=1S/C9H15N3/c1-3-9-11-6-5-8(12-9)7-10-4-2/h5-6,10H,3-4,7H2,1-2H3. The zero-order chi connectivity index (χ0) is 8.81. The molecular weight excluding hydrogens is 150 g/mol. The normalized spacial score (nSPS) is 10.2. The van der Waals surface area contributed by atoms with Crippen LogP contribution >= 0.6 is 0 Å². The molecule has 0 saturated heterocycles. The molecule has 0 radical (unpaired) electrons. The van der Waals surface area contributed by atoms with Gasteiger partial charge in [-0.1, -0.05) is 13.8 Å². The highest BCUT2D eigenvalue weighted by Gasteiger charge is 1.95. The van der Waals surface area contributed by atoms with Gasteiger partial charge in [-0.25, -0.2) is 9.97 Å². The SMILES string of the molecule is CCNCc1ccnc(CC)n1. The molecule has 0 atom stereocenters. The van der Waals surface area contributed by atoms with Crippen molar-refractivity contribution in [2.75, 3.05) is 6.54 Å². The van der Waals surface area contributed by atoms with Gasteiger partial charge in [0.15, 0.2) is 0 Å². The van der Waals surface area contributed by atoms with Gasteiger partial charge in [0.1, 0.15) is 5.82 Å². The van der Waals surface area contributed by atoms with Crippen LogP contribution in [-0.2, 0) is 13.0 Å². The molecule has 1 N–H and O–H groups in total. The highest BCUT2D eigenvalue weighted by atomic mass is 14.9. The fraction of sp³-hybridized carbons (Fsp3) is 0.556. The van der Waals surface area contributed by atoms with Crippen LogP contribution in [0.25, 0.3) is 0 Å². The van der Waals surface area contributed by atoms with E-state index < -0.39 is 0 Å². The van der Waals surface area contributed by atoms with E-state index in [0.717, 1.165) is 31.0 Å². The molecule has 0 aromatic carbocycles. The summed E-state index contributed by atoms with van der Waals surface area (Å²) in [5.41, 5.74) is 1.07. The van der Waals surface area contributed by atoms with Crippen molar-refractivity contribution in [1.82, 2.24) is 15.3 Å². The van der Waals surface area contributed by atoms with E-state index in [9.17, 15) is 0 Å². The molecule has 12 heavy (non-hydrogen) atoms. The molecule has 0 aliphatic heterocycles. The third-order valence-electron chi connectivity index (χ3n) is 1.64. The molecular formula is C9H15N3. The minimum atomic E-state index is 0.839. The molecule has 1 aromatic rings. The highest BCUT2D eigenvalue weighted by molar-refractivity contribution is 5.01. The molecule has 0 saturated carbocycles. The van der Waals surface area contributed by atoms with Gasteiger partial charge in [0.05, 0.1) is 5.69 Å². The Balaban J connectivity index is 2.60. The maximum atomic E-state index is 4.36. The van der Waals surface area contributed by atoms with Gasteiger partial charge < -0.3 is 5.32 Å².